The van der Waals surface area contributed by atoms with Crippen molar-refractivity contribution < 1.29 is 18.3 Å². The van der Waals surface area contributed by atoms with Crippen LogP contribution in [0.5, 0.6) is 5.75 Å². The molecule has 0 spiro atoms. The summed E-state index contributed by atoms with van der Waals surface area (Å²) in [6, 6.07) is 12.1. The van der Waals surface area contributed by atoms with E-state index in [4.69, 9.17) is 9.15 Å². The molecule has 0 radical (unpaired) electrons. The molecule has 6 heteroatoms. The molecule has 1 aromatic heterocycles. The fourth-order valence-corrected chi connectivity index (χ4v) is 3.47. The van der Waals surface area contributed by atoms with Crippen LogP contribution in [0, 0.1) is 5.82 Å². The molecule has 0 aliphatic carbocycles. The van der Waals surface area contributed by atoms with E-state index in [0.29, 0.717) is 19.5 Å². The van der Waals surface area contributed by atoms with Crippen LogP contribution in [0.3, 0.4) is 0 Å². The lowest BCUT2D eigenvalue weighted by Gasteiger charge is -2.36. The van der Waals surface area contributed by atoms with Crippen molar-refractivity contribution in [2.45, 2.75) is 6.42 Å². The third-order valence-corrected chi connectivity index (χ3v) is 5.03. The minimum Gasteiger partial charge on any atom is -0.497 e. The maximum atomic E-state index is 13.1. The molecule has 2 heterocycles. The first kappa shape index (κ1) is 17.4. The van der Waals surface area contributed by atoms with Crippen molar-refractivity contribution in [1.29, 1.82) is 0 Å². The smallest absolute Gasteiger partial charge is 0.227 e. The Morgan fingerprint density at radius 3 is 2.56 bits per heavy atom. The number of furan rings is 1. The zero-order chi connectivity index (χ0) is 18.8. The number of piperazine rings is 1. The number of hydrogen-bond acceptors (Lipinski definition) is 4. The summed E-state index contributed by atoms with van der Waals surface area (Å²) in [6.45, 7) is 2.78. The largest absolute Gasteiger partial charge is 0.497 e. The molecule has 0 atom stereocenters. The summed E-state index contributed by atoms with van der Waals surface area (Å²) < 4.78 is 23.8. The number of fused-ring (bicyclic) bond motifs is 1. The van der Waals surface area contributed by atoms with Gasteiger partial charge in [0.05, 0.1) is 19.8 Å². The summed E-state index contributed by atoms with van der Waals surface area (Å²) in [6.07, 6.45) is 1.96. The van der Waals surface area contributed by atoms with Crippen LogP contribution in [-0.2, 0) is 11.2 Å². The van der Waals surface area contributed by atoms with E-state index in [-0.39, 0.29) is 11.7 Å². The number of hydrogen-bond donors (Lipinski definition) is 0. The van der Waals surface area contributed by atoms with Crippen LogP contribution in [0.25, 0.3) is 11.0 Å². The van der Waals surface area contributed by atoms with Gasteiger partial charge in [0, 0.05) is 48.9 Å². The summed E-state index contributed by atoms with van der Waals surface area (Å²) in [5.74, 6) is 0.580. The van der Waals surface area contributed by atoms with E-state index in [1.54, 1.807) is 25.5 Å². The van der Waals surface area contributed by atoms with Gasteiger partial charge in [0.2, 0.25) is 5.91 Å². The van der Waals surface area contributed by atoms with Crippen molar-refractivity contribution in [3.8, 4) is 5.75 Å². The summed E-state index contributed by atoms with van der Waals surface area (Å²) in [7, 11) is 1.61. The first-order valence-corrected chi connectivity index (χ1v) is 8.96. The number of benzene rings is 2. The molecule has 1 saturated heterocycles. The van der Waals surface area contributed by atoms with Gasteiger partial charge in [-0.05, 0) is 36.4 Å². The molecular weight excluding hydrogens is 347 g/mol. The predicted octanol–water partition coefficient (Wildman–Crippen LogP) is 3.47. The van der Waals surface area contributed by atoms with E-state index in [1.807, 2.05) is 23.1 Å². The zero-order valence-electron chi connectivity index (χ0n) is 15.2. The Hall–Kier alpha value is -3.02. The standard InChI is InChI=1S/C21H21FN2O3/c1-26-18-6-7-19-15(14-27-20(19)13-18)12-21(25)24-10-8-23(9-11-24)17-4-2-16(22)3-5-17/h2-7,13-14H,8-12H2,1H3. The van der Waals surface area contributed by atoms with Crippen LogP contribution in [0.2, 0.25) is 0 Å². The number of amides is 1. The molecule has 0 bridgehead atoms. The van der Waals surface area contributed by atoms with Gasteiger partial charge in [0.15, 0.2) is 0 Å². The molecule has 3 aromatic rings. The summed E-state index contributed by atoms with van der Waals surface area (Å²) in [5.41, 5.74) is 2.59. The van der Waals surface area contributed by atoms with Crippen LogP contribution >= 0.6 is 0 Å². The van der Waals surface area contributed by atoms with E-state index in [2.05, 4.69) is 4.90 Å². The second-order valence-electron chi connectivity index (χ2n) is 6.64. The molecule has 0 unspecified atom stereocenters. The molecule has 27 heavy (non-hydrogen) atoms. The lowest BCUT2D eigenvalue weighted by Crippen LogP contribution is -2.49. The van der Waals surface area contributed by atoms with E-state index in [9.17, 15) is 9.18 Å². The van der Waals surface area contributed by atoms with E-state index >= 15 is 0 Å². The van der Waals surface area contributed by atoms with E-state index in [1.165, 1.54) is 12.1 Å². The molecule has 1 fully saturated rings. The van der Waals surface area contributed by atoms with Crippen molar-refractivity contribution in [2.75, 3.05) is 38.2 Å². The maximum Gasteiger partial charge on any atom is 0.227 e. The Labute approximate surface area is 156 Å². The molecule has 4 rings (SSSR count). The minimum atomic E-state index is -0.238. The van der Waals surface area contributed by atoms with Crippen molar-refractivity contribution in [1.82, 2.24) is 4.90 Å². The highest BCUT2D eigenvalue weighted by Gasteiger charge is 2.22. The normalized spacial score (nSPS) is 14.6. The third-order valence-electron chi connectivity index (χ3n) is 5.03. The molecule has 0 N–H and O–H groups in total. The van der Waals surface area contributed by atoms with Gasteiger partial charge in [-0.25, -0.2) is 4.39 Å². The van der Waals surface area contributed by atoms with Crippen molar-refractivity contribution >= 4 is 22.6 Å². The van der Waals surface area contributed by atoms with Gasteiger partial charge in [0.1, 0.15) is 17.1 Å². The Kier molecular flexibility index (Phi) is 4.71. The Bertz CT molecular complexity index is 944. The predicted molar refractivity (Wildman–Crippen MR) is 102 cm³/mol. The van der Waals surface area contributed by atoms with Gasteiger partial charge in [-0.1, -0.05) is 0 Å². The number of methoxy groups -OCH3 is 1. The molecule has 2 aromatic carbocycles. The summed E-state index contributed by atoms with van der Waals surface area (Å²) in [5, 5.41) is 0.939. The number of carbonyl (C=O) groups is 1. The number of anilines is 1. The molecule has 5 nitrogen and oxygen atoms in total. The fraction of sp³-hybridized carbons (Fsp3) is 0.286. The molecule has 140 valence electrons. The van der Waals surface area contributed by atoms with Gasteiger partial charge >= 0.3 is 0 Å². The first-order chi connectivity index (χ1) is 13.1. The van der Waals surface area contributed by atoms with Crippen LogP contribution in [0.15, 0.2) is 53.1 Å². The van der Waals surface area contributed by atoms with Crippen LogP contribution in [0.4, 0.5) is 10.1 Å². The van der Waals surface area contributed by atoms with Crippen LogP contribution < -0.4 is 9.64 Å². The number of carbonyl (C=O) groups excluding carboxylic acids is 1. The highest BCUT2D eigenvalue weighted by Crippen LogP contribution is 2.26. The molecular formula is C21H21FN2O3. The Balaban J connectivity index is 1.39. The SMILES string of the molecule is COc1ccc2c(CC(=O)N3CCN(c4ccc(F)cc4)CC3)coc2c1. The topological polar surface area (TPSA) is 45.9 Å². The second-order valence-corrected chi connectivity index (χ2v) is 6.64. The molecule has 1 amide bonds. The second kappa shape index (κ2) is 7.31. The molecule has 0 saturated carbocycles. The summed E-state index contributed by atoms with van der Waals surface area (Å²) in [4.78, 5) is 16.8. The quantitative estimate of drug-likeness (QED) is 0.707. The average molecular weight is 368 g/mol. The number of rotatable bonds is 4. The minimum absolute atomic E-state index is 0.0901. The Morgan fingerprint density at radius 1 is 1.11 bits per heavy atom. The fourth-order valence-electron chi connectivity index (χ4n) is 3.47. The highest BCUT2D eigenvalue weighted by atomic mass is 19.1. The molecule has 1 aliphatic rings. The summed E-state index contributed by atoms with van der Waals surface area (Å²) >= 11 is 0. The lowest BCUT2D eigenvalue weighted by molar-refractivity contribution is -0.130. The van der Waals surface area contributed by atoms with Crippen molar-refractivity contribution in [2.24, 2.45) is 0 Å². The average Bonchev–Trinajstić information content (AvgIpc) is 3.10. The highest BCUT2D eigenvalue weighted by molar-refractivity contribution is 5.88. The van der Waals surface area contributed by atoms with Crippen LogP contribution in [0.1, 0.15) is 5.56 Å². The van der Waals surface area contributed by atoms with Gasteiger partial charge in [-0.3, -0.25) is 4.79 Å². The lowest BCUT2D eigenvalue weighted by atomic mass is 10.1. The third kappa shape index (κ3) is 3.60. The van der Waals surface area contributed by atoms with E-state index in [0.717, 1.165) is 41.1 Å². The Morgan fingerprint density at radius 2 is 1.85 bits per heavy atom. The van der Waals surface area contributed by atoms with Crippen molar-refractivity contribution in [3.05, 3.63) is 60.1 Å². The van der Waals surface area contributed by atoms with Crippen molar-refractivity contribution in [3.63, 3.8) is 0 Å². The van der Waals surface area contributed by atoms with E-state index < -0.39 is 0 Å². The van der Waals surface area contributed by atoms with Gasteiger partial charge < -0.3 is 19.0 Å². The number of ether oxygens (including phenoxy) is 1. The van der Waals surface area contributed by atoms with Gasteiger partial charge in [-0.15, -0.1) is 0 Å². The van der Waals surface area contributed by atoms with Gasteiger partial charge in [0.25, 0.3) is 0 Å². The molecule has 1 aliphatic heterocycles. The first-order valence-electron chi connectivity index (χ1n) is 8.96. The maximum absolute atomic E-state index is 13.1. The number of halogens is 1. The zero-order valence-corrected chi connectivity index (χ0v) is 15.2. The monoisotopic (exact) mass is 368 g/mol. The van der Waals surface area contributed by atoms with Crippen LogP contribution in [-0.4, -0.2) is 44.1 Å². The van der Waals surface area contributed by atoms with Gasteiger partial charge in [-0.2, -0.15) is 0 Å². The number of nitrogens with zero attached hydrogens (tertiary/aromatic N) is 2.